The fourth-order valence-corrected chi connectivity index (χ4v) is 2.03. The summed E-state index contributed by atoms with van der Waals surface area (Å²) in [5.41, 5.74) is 0. The SMILES string of the molecule is CC(C)Oc1ncc(Sc2ccccc2)cn1. The molecule has 0 aliphatic heterocycles. The average Bonchev–Trinajstić information content (AvgIpc) is 2.32. The highest BCUT2D eigenvalue weighted by atomic mass is 32.2. The molecule has 0 fully saturated rings. The lowest BCUT2D eigenvalue weighted by atomic mass is 10.4. The maximum absolute atomic E-state index is 5.39. The first kappa shape index (κ1) is 11.9. The molecule has 0 amide bonds. The molecule has 1 heterocycles. The van der Waals surface area contributed by atoms with Crippen LogP contribution < -0.4 is 4.74 Å². The van der Waals surface area contributed by atoms with Gasteiger partial charge in [0, 0.05) is 22.2 Å². The summed E-state index contributed by atoms with van der Waals surface area (Å²) in [7, 11) is 0. The zero-order chi connectivity index (χ0) is 12.1. The van der Waals surface area contributed by atoms with E-state index in [1.54, 1.807) is 24.2 Å². The van der Waals surface area contributed by atoms with Gasteiger partial charge < -0.3 is 4.74 Å². The van der Waals surface area contributed by atoms with Gasteiger partial charge in [-0.2, -0.15) is 0 Å². The second-order valence-corrected chi connectivity index (χ2v) is 4.93. The van der Waals surface area contributed by atoms with Gasteiger partial charge in [-0.1, -0.05) is 30.0 Å². The Labute approximate surface area is 105 Å². The summed E-state index contributed by atoms with van der Waals surface area (Å²) >= 11 is 1.63. The van der Waals surface area contributed by atoms with Crippen molar-refractivity contribution in [2.24, 2.45) is 0 Å². The van der Waals surface area contributed by atoms with E-state index in [0.29, 0.717) is 6.01 Å². The van der Waals surface area contributed by atoms with E-state index in [1.165, 1.54) is 4.90 Å². The van der Waals surface area contributed by atoms with Crippen LogP contribution >= 0.6 is 11.8 Å². The number of aromatic nitrogens is 2. The summed E-state index contributed by atoms with van der Waals surface area (Å²) in [4.78, 5) is 10.5. The first-order chi connectivity index (χ1) is 8.24. The Bertz CT molecular complexity index is 457. The second-order valence-electron chi connectivity index (χ2n) is 3.78. The molecule has 0 saturated carbocycles. The first-order valence-electron chi connectivity index (χ1n) is 5.45. The van der Waals surface area contributed by atoms with Crippen LogP contribution in [0, 0.1) is 0 Å². The van der Waals surface area contributed by atoms with Crippen molar-refractivity contribution in [1.29, 1.82) is 0 Å². The summed E-state index contributed by atoms with van der Waals surface area (Å²) in [6.45, 7) is 3.91. The van der Waals surface area contributed by atoms with Crippen LogP contribution in [0.2, 0.25) is 0 Å². The maximum atomic E-state index is 5.39. The van der Waals surface area contributed by atoms with Crippen LogP contribution in [-0.2, 0) is 0 Å². The van der Waals surface area contributed by atoms with E-state index in [4.69, 9.17) is 4.74 Å². The monoisotopic (exact) mass is 246 g/mol. The van der Waals surface area contributed by atoms with Crippen LogP contribution in [-0.4, -0.2) is 16.1 Å². The van der Waals surface area contributed by atoms with Crippen LogP contribution in [0.15, 0.2) is 52.5 Å². The molecule has 0 unspecified atom stereocenters. The second kappa shape index (κ2) is 5.68. The molecule has 2 rings (SSSR count). The van der Waals surface area contributed by atoms with Gasteiger partial charge >= 0.3 is 6.01 Å². The van der Waals surface area contributed by atoms with Crippen LogP contribution in [0.25, 0.3) is 0 Å². The lowest BCUT2D eigenvalue weighted by Gasteiger charge is -2.07. The van der Waals surface area contributed by atoms with E-state index < -0.39 is 0 Å². The Hall–Kier alpha value is -1.55. The molecule has 0 saturated heterocycles. The van der Waals surface area contributed by atoms with Gasteiger partial charge in [-0.15, -0.1) is 0 Å². The summed E-state index contributed by atoms with van der Waals surface area (Å²) in [6.07, 6.45) is 3.66. The zero-order valence-corrected chi connectivity index (χ0v) is 10.6. The van der Waals surface area contributed by atoms with Gasteiger partial charge in [-0.3, -0.25) is 0 Å². The van der Waals surface area contributed by atoms with Gasteiger partial charge in [0.25, 0.3) is 0 Å². The maximum Gasteiger partial charge on any atom is 0.316 e. The van der Waals surface area contributed by atoms with Crippen molar-refractivity contribution in [1.82, 2.24) is 9.97 Å². The number of rotatable bonds is 4. The van der Waals surface area contributed by atoms with E-state index in [9.17, 15) is 0 Å². The quantitative estimate of drug-likeness (QED) is 0.828. The van der Waals surface area contributed by atoms with Crippen LogP contribution in [0.3, 0.4) is 0 Å². The molecule has 1 aromatic carbocycles. The van der Waals surface area contributed by atoms with Crippen molar-refractivity contribution in [3.63, 3.8) is 0 Å². The Morgan fingerprint density at radius 3 is 2.24 bits per heavy atom. The van der Waals surface area contributed by atoms with Crippen molar-refractivity contribution in [2.75, 3.05) is 0 Å². The Kier molecular flexibility index (Phi) is 3.98. The van der Waals surface area contributed by atoms with Gasteiger partial charge in [0.05, 0.1) is 6.10 Å². The topological polar surface area (TPSA) is 35.0 Å². The smallest absolute Gasteiger partial charge is 0.316 e. The highest BCUT2D eigenvalue weighted by molar-refractivity contribution is 7.99. The highest BCUT2D eigenvalue weighted by Crippen LogP contribution is 2.26. The summed E-state index contributed by atoms with van der Waals surface area (Å²) < 4.78 is 5.39. The number of nitrogens with zero attached hydrogens (tertiary/aromatic N) is 2. The molecule has 0 spiro atoms. The molecule has 0 aliphatic carbocycles. The normalized spacial score (nSPS) is 10.5. The molecule has 0 aliphatic rings. The largest absolute Gasteiger partial charge is 0.461 e. The third kappa shape index (κ3) is 3.75. The molecule has 0 radical (unpaired) electrons. The predicted octanol–water partition coefficient (Wildman–Crippen LogP) is 3.42. The summed E-state index contributed by atoms with van der Waals surface area (Å²) in [6, 6.07) is 10.6. The van der Waals surface area contributed by atoms with Gasteiger partial charge in [0.1, 0.15) is 0 Å². The minimum absolute atomic E-state index is 0.0997. The Morgan fingerprint density at radius 1 is 1.00 bits per heavy atom. The van der Waals surface area contributed by atoms with E-state index in [1.807, 2.05) is 32.0 Å². The minimum atomic E-state index is 0.0997. The van der Waals surface area contributed by atoms with E-state index in [0.717, 1.165) is 4.90 Å². The molecule has 17 heavy (non-hydrogen) atoms. The van der Waals surface area contributed by atoms with Gasteiger partial charge in [-0.05, 0) is 26.0 Å². The van der Waals surface area contributed by atoms with Crippen molar-refractivity contribution in [2.45, 2.75) is 29.7 Å². The van der Waals surface area contributed by atoms with E-state index in [2.05, 4.69) is 22.1 Å². The molecule has 1 aromatic heterocycles. The van der Waals surface area contributed by atoms with Gasteiger partial charge in [0.15, 0.2) is 0 Å². The van der Waals surface area contributed by atoms with Crippen LogP contribution in [0.5, 0.6) is 6.01 Å². The highest BCUT2D eigenvalue weighted by Gasteiger charge is 2.02. The molecule has 0 bridgehead atoms. The Morgan fingerprint density at radius 2 is 1.65 bits per heavy atom. The number of hydrogen-bond acceptors (Lipinski definition) is 4. The summed E-state index contributed by atoms with van der Waals surface area (Å²) in [5.74, 6) is 0. The van der Waals surface area contributed by atoms with Crippen molar-refractivity contribution >= 4 is 11.8 Å². The molecule has 0 atom stereocenters. The van der Waals surface area contributed by atoms with Crippen molar-refractivity contribution in [3.8, 4) is 6.01 Å². The number of hydrogen-bond donors (Lipinski definition) is 0. The standard InChI is InChI=1S/C13H14N2OS/c1-10(2)16-13-14-8-12(9-15-13)17-11-6-4-3-5-7-11/h3-10H,1-2H3. The van der Waals surface area contributed by atoms with E-state index in [-0.39, 0.29) is 6.10 Å². The lowest BCUT2D eigenvalue weighted by Crippen LogP contribution is -2.07. The van der Waals surface area contributed by atoms with Gasteiger partial charge in [0.2, 0.25) is 0 Å². The number of ether oxygens (including phenoxy) is 1. The van der Waals surface area contributed by atoms with Crippen LogP contribution in [0.1, 0.15) is 13.8 Å². The predicted molar refractivity (Wildman–Crippen MR) is 68.4 cm³/mol. The van der Waals surface area contributed by atoms with E-state index >= 15 is 0 Å². The molecular weight excluding hydrogens is 232 g/mol. The lowest BCUT2D eigenvalue weighted by molar-refractivity contribution is 0.221. The third-order valence-electron chi connectivity index (χ3n) is 1.92. The third-order valence-corrected chi connectivity index (χ3v) is 2.88. The molecular formula is C13H14N2OS. The molecule has 88 valence electrons. The Balaban J connectivity index is 2.03. The number of benzene rings is 1. The van der Waals surface area contributed by atoms with Crippen molar-refractivity contribution in [3.05, 3.63) is 42.7 Å². The minimum Gasteiger partial charge on any atom is -0.461 e. The molecule has 4 heteroatoms. The fourth-order valence-electron chi connectivity index (χ4n) is 1.25. The molecule has 2 aromatic rings. The molecule has 3 nitrogen and oxygen atoms in total. The van der Waals surface area contributed by atoms with Crippen LogP contribution in [0.4, 0.5) is 0 Å². The molecule has 0 N–H and O–H groups in total. The van der Waals surface area contributed by atoms with Crippen molar-refractivity contribution < 1.29 is 4.74 Å². The van der Waals surface area contributed by atoms with Gasteiger partial charge in [-0.25, -0.2) is 9.97 Å². The first-order valence-corrected chi connectivity index (χ1v) is 6.27. The average molecular weight is 246 g/mol. The zero-order valence-electron chi connectivity index (χ0n) is 9.83. The fraction of sp³-hybridized carbons (Fsp3) is 0.231. The summed E-state index contributed by atoms with van der Waals surface area (Å²) in [5, 5.41) is 0.